The van der Waals surface area contributed by atoms with E-state index in [0.29, 0.717) is 11.7 Å². The molecule has 0 aliphatic rings. The van der Waals surface area contributed by atoms with Crippen molar-refractivity contribution in [2.45, 2.75) is 25.9 Å². The minimum absolute atomic E-state index is 0.265. The molecule has 0 amide bonds. The van der Waals surface area contributed by atoms with Gasteiger partial charge in [-0.25, -0.2) is 0 Å². The number of hydrogen-bond acceptors (Lipinski definition) is 3. The van der Waals surface area contributed by atoms with E-state index in [4.69, 9.17) is 17.0 Å². The molecule has 0 saturated heterocycles. The average molecular weight is 372 g/mol. The van der Waals surface area contributed by atoms with Crippen LogP contribution in [0.4, 0.5) is 0 Å². The molecule has 0 aliphatic carbocycles. The van der Waals surface area contributed by atoms with E-state index in [9.17, 15) is 0 Å². The molecule has 0 saturated carbocycles. The molecule has 0 unspecified atom stereocenters. The van der Waals surface area contributed by atoms with Gasteiger partial charge in [0.15, 0.2) is 5.11 Å². The molecule has 0 spiro atoms. The Morgan fingerprint density at radius 1 is 1.00 bits per heavy atom. The van der Waals surface area contributed by atoms with Gasteiger partial charge < -0.3 is 20.3 Å². The second-order valence-electron chi connectivity index (χ2n) is 6.49. The van der Waals surface area contributed by atoms with Crippen molar-refractivity contribution in [1.29, 1.82) is 0 Å². The Kier molecular flexibility index (Phi) is 7.88. The standard InChI is InChI=1S/C21H29N3OS/c1-5-16-6-10-18(11-7-16)20(24(2)3)15-23-21(26)22-14-17-8-12-19(25-4)13-9-17/h6-13,20H,5,14-15H2,1-4H3,(H2,22,23,26)/t20-/m1/s1. The average Bonchev–Trinajstić information content (AvgIpc) is 2.67. The summed E-state index contributed by atoms with van der Waals surface area (Å²) in [6.07, 6.45) is 1.06. The van der Waals surface area contributed by atoms with Crippen molar-refractivity contribution in [3.05, 3.63) is 65.2 Å². The molecule has 2 aromatic rings. The minimum Gasteiger partial charge on any atom is -0.497 e. The van der Waals surface area contributed by atoms with Crippen molar-refractivity contribution in [2.24, 2.45) is 0 Å². The van der Waals surface area contributed by atoms with E-state index >= 15 is 0 Å². The summed E-state index contributed by atoms with van der Waals surface area (Å²) >= 11 is 5.43. The number of thiocarbonyl (C=S) groups is 1. The number of methoxy groups -OCH3 is 1. The number of ether oxygens (including phenoxy) is 1. The Hall–Kier alpha value is -2.11. The van der Waals surface area contributed by atoms with Gasteiger partial charge in [-0.05, 0) is 61.6 Å². The lowest BCUT2D eigenvalue weighted by atomic mass is 10.0. The Morgan fingerprint density at radius 3 is 2.15 bits per heavy atom. The van der Waals surface area contributed by atoms with E-state index in [1.54, 1.807) is 7.11 Å². The van der Waals surface area contributed by atoms with Gasteiger partial charge in [-0.2, -0.15) is 0 Å². The van der Waals surface area contributed by atoms with E-state index in [2.05, 4.69) is 60.8 Å². The van der Waals surface area contributed by atoms with Crippen LogP contribution in [-0.2, 0) is 13.0 Å². The molecule has 2 N–H and O–H groups in total. The maximum atomic E-state index is 5.43. The van der Waals surface area contributed by atoms with E-state index in [1.807, 2.05) is 24.3 Å². The third kappa shape index (κ3) is 6.00. The maximum Gasteiger partial charge on any atom is 0.166 e. The first-order chi connectivity index (χ1) is 12.5. The van der Waals surface area contributed by atoms with E-state index in [1.165, 1.54) is 11.1 Å². The fraction of sp³-hybridized carbons (Fsp3) is 0.381. The zero-order valence-corrected chi connectivity index (χ0v) is 16.9. The van der Waals surface area contributed by atoms with Crippen molar-refractivity contribution in [2.75, 3.05) is 27.7 Å². The number of aryl methyl sites for hydroxylation is 1. The highest BCUT2D eigenvalue weighted by Gasteiger charge is 2.14. The van der Waals surface area contributed by atoms with Gasteiger partial charge in [0, 0.05) is 13.1 Å². The van der Waals surface area contributed by atoms with Gasteiger partial charge in [0.05, 0.1) is 13.2 Å². The van der Waals surface area contributed by atoms with Crippen LogP contribution in [0.3, 0.4) is 0 Å². The predicted molar refractivity (Wildman–Crippen MR) is 113 cm³/mol. The van der Waals surface area contributed by atoms with Gasteiger partial charge in [0.2, 0.25) is 0 Å². The number of likely N-dealkylation sites (N-methyl/N-ethyl adjacent to an activating group) is 1. The monoisotopic (exact) mass is 371 g/mol. The Balaban J connectivity index is 1.86. The number of hydrogen-bond donors (Lipinski definition) is 2. The highest BCUT2D eigenvalue weighted by atomic mass is 32.1. The molecular weight excluding hydrogens is 342 g/mol. The van der Waals surface area contributed by atoms with Crippen LogP contribution in [0.1, 0.15) is 29.7 Å². The zero-order valence-electron chi connectivity index (χ0n) is 16.1. The molecule has 0 bridgehead atoms. The molecule has 2 rings (SSSR count). The number of nitrogens with zero attached hydrogens (tertiary/aromatic N) is 1. The molecule has 5 heteroatoms. The van der Waals surface area contributed by atoms with E-state index < -0.39 is 0 Å². The van der Waals surface area contributed by atoms with Crippen molar-refractivity contribution in [3.8, 4) is 5.75 Å². The Bertz CT molecular complexity index is 683. The third-order valence-corrected chi connectivity index (χ3v) is 4.75. The highest BCUT2D eigenvalue weighted by Crippen LogP contribution is 2.18. The molecule has 2 aromatic carbocycles. The van der Waals surface area contributed by atoms with E-state index in [-0.39, 0.29) is 6.04 Å². The summed E-state index contributed by atoms with van der Waals surface area (Å²) in [7, 11) is 5.85. The van der Waals surface area contributed by atoms with Gasteiger partial charge in [-0.1, -0.05) is 43.3 Å². The summed E-state index contributed by atoms with van der Waals surface area (Å²) in [5.41, 5.74) is 3.81. The normalized spacial score (nSPS) is 11.9. The lowest BCUT2D eigenvalue weighted by Gasteiger charge is -2.26. The second kappa shape index (κ2) is 10.1. The summed E-state index contributed by atoms with van der Waals surface area (Å²) in [5, 5.41) is 7.26. The minimum atomic E-state index is 0.265. The summed E-state index contributed by atoms with van der Waals surface area (Å²) < 4.78 is 5.18. The van der Waals surface area contributed by atoms with Crippen LogP contribution >= 0.6 is 12.2 Å². The maximum absolute atomic E-state index is 5.43. The topological polar surface area (TPSA) is 36.5 Å². The van der Waals surface area contributed by atoms with Gasteiger partial charge in [0.1, 0.15) is 5.75 Å². The number of nitrogens with one attached hydrogen (secondary N) is 2. The summed E-state index contributed by atoms with van der Waals surface area (Å²) in [5.74, 6) is 0.859. The number of benzene rings is 2. The van der Waals surface area contributed by atoms with E-state index in [0.717, 1.165) is 24.3 Å². The van der Waals surface area contributed by atoms with Crippen molar-refractivity contribution < 1.29 is 4.74 Å². The van der Waals surface area contributed by atoms with Crippen LogP contribution in [0.25, 0.3) is 0 Å². The Labute approximate surface area is 162 Å². The molecule has 0 aliphatic heterocycles. The lowest BCUT2D eigenvalue weighted by Crippen LogP contribution is -2.40. The van der Waals surface area contributed by atoms with Gasteiger partial charge in [0.25, 0.3) is 0 Å². The van der Waals surface area contributed by atoms with Crippen LogP contribution < -0.4 is 15.4 Å². The van der Waals surface area contributed by atoms with Crippen LogP contribution in [0, 0.1) is 0 Å². The molecular formula is C21H29N3OS. The van der Waals surface area contributed by atoms with Crippen LogP contribution in [0.15, 0.2) is 48.5 Å². The highest BCUT2D eigenvalue weighted by molar-refractivity contribution is 7.80. The quantitative estimate of drug-likeness (QED) is 0.695. The van der Waals surface area contributed by atoms with Gasteiger partial charge in [-0.15, -0.1) is 0 Å². The van der Waals surface area contributed by atoms with Crippen LogP contribution in [-0.4, -0.2) is 37.8 Å². The molecule has 0 fully saturated rings. The first-order valence-corrected chi connectivity index (χ1v) is 9.34. The Morgan fingerprint density at radius 2 is 1.62 bits per heavy atom. The lowest BCUT2D eigenvalue weighted by molar-refractivity contribution is 0.298. The van der Waals surface area contributed by atoms with Gasteiger partial charge >= 0.3 is 0 Å². The third-order valence-electron chi connectivity index (χ3n) is 4.46. The summed E-state index contributed by atoms with van der Waals surface area (Å²) in [4.78, 5) is 2.21. The smallest absolute Gasteiger partial charge is 0.166 e. The molecule has 26 heavy (non-hydrogen) atoms. The van der Waals surface area contributed by atoms with Gasteiger partial charge in [-0.3, -0.25) is 0 Å². The SMILES string of the molecule is CCc1ccc([C@@H](CNC(=S)NCc2ccc(OC)cc2)N(C)C)cc1. The first kappa shape index (κ1) is 20.2. The molecule has 4 nitrogen and oxygen atoms in total. The van der Waals surface area contributed by atoms with Crippen molar-refractivity contribution in [3.63, 3.8) is 0 Å². The second-order valence-corrected chi connectivity index (χ2v) is 6.89. The molecule has 1 atom stereocenters. The number of rotatable bonds is 8. The van der Waals surface area contributed by atoms with Crippen molar-refractivity contribution in [1.82, 2.24) is 15.5 Å². The fourth-order valence-electron chi connectivity index (χ4n) is 2.75. The largest absolute Gasteiger partial charge is 0.497 e. The molecule has 0 aromatic heterocycles. The zero-order chi connectivity index (χ0) is 18.9. The summed E-state index contributed by atoms with van der Waals surface area (Å²) in [6, 6.07) is 17.1. The molecule has 0 heterocycles. The molecule has 140 valence electrons. The van der Waals surface area contributed by atoms with Crippen LogP contribution in [0.2, 0.25) is 0 Å². The summed E-state index contributed by atoms with van der Waals surface area (Å²) in [6.45, 7) is 3.62. The first-order valence-electron chi connectivity index (χ1n) is 8.93. The van der Waals surface area contributed by atoms with Crippen LogP contribution in [0.5, 0.6) is 5.75 Å². The predicted octanol–water partition coefficient (Wildman–Crippen LogP) is 3.52. The molecule has 0 radical (unpaired) electrons. The van der Waals surface area contributed by atoms with Crippen molar-refractivity contribution >= 4 is 17.3 Å². The fourth-order valence-corrected chi connectivity index (χ4v) is 2.91.